The van der Waals surface area contributed by atoms with Crippen molar-refractivity contribution >= 4 is 17.1 Å². The molecule has 26 heavy (non-hydrogen) atoms. The van der Waals surface area contributed by atoms with Crippen LogP contribution in [0.1, 0.15) is 24.2 Å². The number of hydrogen-bond acceptors (Lipinski definition) is 4. The number of ether oxygens (including phenoxy) is 1. The Morgan fingerprint density at radius 2 is 2.15 bits per heavy atom. The molecule has 1 aliphatic heterocycles. The number of aromatic nitrogens is 3. The largest absolute Gasteiger partial charge is 0.376 e. The minimum atomic E-state index is 0.0270. The van der Waals surface area contributed by atoms with Gasteiger partial charge in [0.05, 0.1) is 12.5 Å². The summed E-state index contributed by atoms with van der Waals surface area (Å²) in [5.41, 5.74) is 3.69. The van der Waals surface area contributed by atoms with Gasteiger partial charge in [-0.25, -0.2) is 9.97 Å². The molecule has 4 rings (SSSR count). The SMILES string of the molecule is Cc1nc2cccnc2n1-c1ccc(CC(=O)NCC2CCCO2)cc1. The molecule has 3 heterocycles. The number of amides is 1. The fourth-order valence-corrected chi connectivity index (χ4v) is 3.38. The summed E-state index contributed by atoms with van der Waals surface area (Å²) < 4.78 is 7.55. The van der Waals surface area contributed by atoms with Crippen molar-refractivity contribution in [3.05, 3.63) is 54.0 Å². The lowest BCUT2D eigenvalue weighted by Crippen LogP contribution is -2.32. The van der Waals surface area contributed by atoms with Crippen LogP contribution in [-0.4, -0.2) is 39.7 Å². The molecular formula is C20H22N4O2. The molecule has 1 aliphatic rings. The number of aryl methyl sites for hydroxylation is 1. The van der Waals surface area contributed by atoms with Crippen molar-refractivity contribution in [2.45, 2.75) is 32.3 Å². The summed E-state index contributed by atoms with van der Waals surface area (Å²) in [6.45, 7) is 3.37. The Kier molecular flexibility index (Phi) is 4.67. The molecule has 0 spiro atoms. The fourth-order valence-electron chi connectivity index (χ4n) is 3.38. The van der Waals surface area contributed by atoms with Crippen molar-refractivity contribution in [3.63, 3.8) is 0 Å². The van der Waals surface area contributed by atoms with E-state index in [1.165, 1.54) is 0 Å². The van der Waals surface area contributed by atoms with Crippen LogP contribution in [-0.2, 0) is 16.0 Å². The maximum Gasteiger partial charge on any atom is 0.224 e. The third-order valence-electron chi connectivity index (χ3n) is 4.69. The quantitative estimate of drug-likeness (QED) is 0.768. The van der Waals surface area contributed by atoms with Crippen LogP contribution >= 0.6 is 0 Å². The molecule has 0 aliphatic carbocycles. The van der Waals surface area contributed by atoms with E-state index in [0.717, 1.165) is 47.7 Å². The van der Waals surface area contributed by atoms with Crippen LogP contribution < -0.4 is 5.32 Å². The summed E-state index contributed by atoms with van der Waals surface area (Å²) in [4.78, 5) is 21.1. The lowest BCUT2D eigenvalue weighted by molar-refractivity contribution is -0.120. The van der Waals surface area contributed by atoms with E-state index in [0.29, 0.717) is 13.0 Å². The van der Waals surface area contributed by atoms with E-state index in [9.17, 15) is 4.79 Å². The molecule has 0 radical (unpaired) electrons. The average Bonchev–Trinajstić information content (AvgIpc) is 3.27. The molecule has 2 aromatic heterocycles. The second-order valence-electron chi connectivity index (χ2n) is 6.62. The highest BCUT2D eigenvalue weighted by atomic mass is 16.5. The molecule has 1 unspecified atom stereocenters. The Morgan fingerprint density at radius 1 is 1.31 bits per heavy atom. The topological polar surface area (TPSA) is 69.0 Å². The van der Waals surface area contributed by atoms with Gasteiger partial charge in [-0.1, -0.05) is 12.1 Å². The van der Waals surface area contributed by atoms with Gasteiger partial charge in [-0.3, -0.25) is 9.36 Å². The molecule has 6 nitrogen and oxygen atoms in total. The number of nitrogens with one attached hydrogen (secondary N) is 1. The van der Waals surface area contributed by atoms with E-state index in [1.807, 2.05) is 47.9 Å². The van der Waals surface area contributed by atoms with Gasteiger partial charge in [0.25, 0.3) is 0 Å². The van der Waals surface area contributed by atoms with Crippen LogP contribution in [0.2, 0.25) is 0 Å². The van der Waals surface area contributed by atoms with Gasteiger partial charge in [0.2, 0.25) is 5.91 Å². The molecule has 1 saturated heterocycles. The lowest BCUT2D eigenvalue weighted by atomic mass is 10.1. The van der Waals surface area contributed by atoms with Gasteiger partial charge >= 0.3 is 0 Å². The Labute approximate surface area is 152 Å². The predicted molar refractivity (Wildman–Crippen MR) is 99.3 cm³/mol. The molecule has 1 fully saturated rings. The highest BCUT2D eigenvalue weighted by Crippen LogP contribution is 2.19. The maximum absolute atomic E-state index is 12.1. The van der Waals surface area contributed by atoms with Gasteiger partial charge in [0.15, 0.2) is 5.65 Å². The Morgan fingerprint density at radius 3 is 2.92 bits per heavy atom. The first-order valence-electron chi connectivity index (χ1n) is 8.98. The molecule has 0 bridgehead atoms. The number of pyridine rings is 1. The molecule has 0 saturated carbocycles. The number of rotatable bonds is 5. The first-order valence-corrected chi connectivity index (χ1v) is 8.98. The van der Waals surface area contributed by atoms with Gasteiger partial charge in [-0.15, -0.1) is 0 Å². The molecule has 1 amide bonds. The number of benzene rings is 1. The molecule has 1 N–H and O–H groups in total. The summed E-state index contributed by atoms with van der Waals surface area (Å²) in [5, 5.41) is 2.96. The number of fused-ring (bicyclic) bond motifs is 1. The van der Waals surface area contributed by atoms with Gasteiger partial charge in [0.1, 0.15) is 11.3 Å². The summed E-state index contributed by atoms with van der Waals surface area (Å²) in [5.74, 6) is 0.917. The van der Waals surface area contributed by atoms with Gasteiger partial charge < -0.3 is 10.1 Å². The van der Waals surface area contributed by atoms with Gasteiger partial charge in [-0.05, 0) is 49.6 Å². The molecular weight excluding hydrogens is 328 g/mol. The minimum absolute atomic E-state index is 0.0270. The Hall–Kier alpha value is -2.73. The zero-order valence-electron chi connectivity index (χ0n) is 14.8. The lowest BCUT2D eigenvalue weighted by Gasteiger charge is -2.11. The van der Waals surface area contributed by atoms with Gasteiger partial charge in [0, 0.05) is 25.0 Å². The number of carbonyl (C=O) groups is 1. The second kappa shape index (κ2) is 7.25. The van der Waals surface area contributed by atoms with E-state index in [1.54, 1.807) is 6.20 Å². The zero-order valence-corrected chi connectivity index (χ0v) is 14.8. The van der Waals surface area contributed by atoms with E-state index in [-0.39, 0.29) is 12.0 Å². The number of carbonyl (C=O) groups excluding carboxylic acids is 1. The number of hydrogen-bond donors (Lipinski definition) is 1. The summed E-state index contributed by atoms with van der Waals surface area (Å²) in [6.07, 6.45) is 4.42. The van der Waals surface area contributed by atoms with Crippen LogP contribution in [0.5, 0.6) is 0 Å². The zero-order chi connectivity index (χ0) is 17.9. The van der Waals surface area contributed by atoms with Crippen molar-refractivity contribution in [2.24, 2.45) is 0 Å². The highest BCUT2D eigenvalue weighted by molar-refractivity contribution is 5.78. The van der Waals surface area contributed by atoms with Gasteiger partial charge in [-0.2, -0.15) is 0 Å². The predicted octanol–water partition coefficient (Wildman–Crippen LogP) is 2.57. The molecule has 1 aromatic carbocycles. The minimum Gasteiger partial charge on any atom is -0.376 e. The van der Waals surface area contributed by atoms with Crippen LogP contribution in [0.25, 0.3) is 16.9 Å². The summed E-state index contributed by atoms with van der Waals surface area (Å²) in [7, 11) is 0. The third kappa shape index (κ3) is 3.46. The first kappa shape index (κ1) is 16.7. The Bertz CT molecular complexity index is 911. The van der Waals surface area contributed by atoms with Crippen LogP contribution in [0.4, 0.5) is 0 Å². The van der Waals surface area contributed by atoms with Crippen LogP contribution in [0, 0.1) is 6.92 Å². The van der Waals surface area contributed by atoms with Crippen LogP contribution in [0.3, 0.4) is 0 Å². The molecule has 3 aromatic rings. The monoisotopic (exact) mass is 350 g/mol. The smallest absolute Gasteiger partial charge is 0.224 e. The van der Waals surface area contributed by atoms with Crippen molar-refractivity contribution < 1.29 is 9.53 Å². The average molecular weight is 350 g/mol. The first-order chi connectivity index (χ1) is 12.7. The standard InChI is InChI=1S/C20H22N4O2/c1-14-23-18-5-2-10-21-20(18)24(14)16-8-6-15(7-9-16)12-19(25)22-13-17-4-3-11-26-17/h2,5-10,17H,3-4,11-13H2,1H3,(H,22,25). The molecule has 6 heteroatoms. The second-order valence-corrected chi connectivity index (χ2v) is 6.62. The third-order valence-corrected chi connectivity index (χ3v) is 4.69. The highest BCUT2D eigenvalue weighted by Gasteiger charge is 2.16. The van der Waals surface area contributed by atoms with E-state index >= 15 is 0 Å². The van der Waals surface area contributed by atoms with Crippen molar-refractivity contribution in [2.75, 3.05) is 13.2 Å². The van der Waals surface area contributed by atoms with Crippen molar-refractivity contribution in [3.8, 4) is 5.69 Å². The number of nitrogens with zero attached hydrogens (tertiary/aromatic N) is 3. The molecule has 134 valence electrons. The van der Waals surface area contributed by atoms with Crippen molar-refractivity contribution in [1.29, 1.82) is 0 Å². The number of imidazole rings is 1. The van der Waals surface area contributed by atoms with E-state index in [4.69, 9.17) is 4.74 Å². The summed E-state index contributed by atoms with van der Waals surface area (Å²) >= 11 is 0. The normalized spacial score (nSPS) is 16.9. The Balaban J connectivity index is 1.44. The maximum atomic E-state index is 12.1. The van der Waals surface area contributed by atoms with E-state index in [2.05, 4.69) is 15.3 Å². The van der Waals surface area contributed by atoms with E-state index < -0.39 is 0 Å². The summed E-state index contributed by atoms with van der Waals surface area (Å²) in [6, 6.07) is 11.8. The fraction of sp³-hybridized carbons (Fsp3) is 0.350. The van der Waals surface area contributed by atoms with Crippen molar-refractivity contribution in [1.82, 2.24) is 19.9 Å². The molecule has 1 atom stereocenters. The van der Waals surface area contributed by atoms with Crippen LogP contribution in [0.15, 0.2) is 42.6 Å².